The molecule has 0 saturated carbocycles. The van der Waals surface area contributed by atoms with Gasteiger partial charge < -0.3 is 15.2 Å². The molecule has 0 aromatic heterocycles. The molecule has 0 fully saturated rings. The van der Waals surface area contributed by atoms with Gasteiger partial charge in [-0.1, -0.05) is 17.7 Å². The van der Waals surface area contributed by atoms with Gasteiger partial charge in [0.2, 0.25) is 0 Å². The normalized spacial score (nSPS) is 12.7. The van der Waals surface area contributed by atoms with Gasteiger partial charge in [-0.25, -0.2) is 0 Å². The van der Waals surface area contributed by atoms with Crippen LogP contribution in [0.25, 0.3) is 0 Å². The molecule has 0 aliphatic carbocycles. The molecular formula is C12H18ClNO2. The Hall–Kier alpha value is -0.770. The summed E-state index contributed by atoms with van der Waals surface area (Å²) in [6, 6.07) is 5.42. The van der Waals surface area contributed by atoms with Gasteiger partial charge in [0.25, 0.3) is 0 Å². The molecule has 16 heavy (non-hydrogen) atoms. The average Bonchev–Trinajstić information content (AvgIpc) is 2.25. The standard InChI is InChI=1S/C12H18ClNO2/c1-3-15-7-9(2)16-8-10-4-5-11(13)6-12(10)14/h4-6,9H,3,7-8,14H2,1-2H3. The summed E-state index contributed by atoms with van der Waals surface area (Å²) in [5, 5.41) is 0.642. The van der Waals surface area contributed by atoms with Gasteiger partial charge in [0.05, 0.1) is 19.3 Å². The number of halogens is 1. The minimum Gasteiger partial charge on any atom is -0.398 e. The summed E-state index contributed by atoms with van der Waals surface area (Å²) in [5.74, 6) is 0. The van der Waals surface area contributed by atoms with Crippen LogP contribution in [0.1, 0.15) is 19.4 Å². The van der Waals surface area contributed by atoms with Crippen LogP contribution in [0, 0.1) is 0 Å². The Morgan fingerprint density at radius 2 is 2.19 bits per heavy atom. The highest BCUT2D eigenvalue weighted by Gasteiger charge is 2.05. The number of nitrogen functional groups attached to an aromatic ring is 1. The Labute approximate surface area is 101 Å². The molecular weight excluding hydrogens is 226 g/mol. The average molecular weight is 244 g/mol. The second-order valence-corrected chi connectivity index (χ2v) is 4.06. The minimum atomic E-state index is 0.0648. The summed E-state index contributed by atoms with van der Waals surface area (Å²) < 4.78 is 10.9. The quantitative estimate of drug-likeness (QED) is 0.782. The zero-order chi connectivity index (χ0) is 12.0. The van der Waals surface area contributed by atoms with E-state index in [0.717, 1.165) is 5.56 Å². The Balaban J connectivity index is 2.42. The van der Waals surface area contributed by atoms with Gasteiger partial charge in [-0.3, -0.25) is 0 Å². The maximum absolute atomic E-state index is 5.81. The second-order valence-electron chi connectivity index (χ2n) is 3.62. The molecule has 2 N–H and O–H groups in total. The Kier molecular flexibility index (Phi) is 5.60. The zero-order valence-corrected chi connectivity index (χ0v) is 10.5. The van der Waals surface area contributed by atoms with E-state index in [1.54, 1.807) is 6.07 Å². The molecule has 0 heterocycles. The molecule has 1 atom stereocenters. The highest BCUT2D eigenvalue weighted by Crippen LogP contribution is 2.19. The van der Waals surface area contributed by atoms with Crippen molar-refractivity contribution in [1.82, 2.24) is 0 Å². The smallest absolute Gasteiger partial charge is 0.0785 e. The van der Waals surface area contributed by atoms with Crippen LogP contribution in [0.2, 0.25) is 5.02 Å². The molecule has 4 heteroatoms. The van der Waals surface area contributed by atoms with Crippen molar-refractivity contribution in [3.05, 3.63) is 28.8 Å². The van der Waals surface area contributed by atoms with Gasteiger partial charge in [0.1, 0.15) is 0 Å². The molecule has 1 rings (SSSR count). The monoisotopic (exact) mass is 243 g/mol. The van der Waals surface area contributed by atoms with Crippen LogP contribution in [0.3, 0.4) is 0 Å². The lowest BCUT2D eigenvalue weighted by molar-refractivity contribution is -0.0114. The third kappa shape index (κ3) is 4.39. The number of hydrogen-bond acceptors (Lipinski definition) is 3. The first kappa shape index (κ1) is 13.3. The van der Waals surface area contributed by atoms with Crippen LogP contribution in [0.5, 0.6) is 0 Å². The van der Waals surface area contributed by atoms with Crippen molar-refractivity contribution in [3.8, 4) is 0 Å². The molecule has 0 spiro atoms. The van der Waals surface area contributed by atoms with Crippen LogP contribution in [-0.2, 0) is 16.1 Å². The van der Waals surface area contributed by atoms with Crippen molar-refractivity contribution in [2.75, 3.05) is 18.9 Å². The molecule has 0 aliphatic rings. The summed E-state index contributed by atoms with van der Waals surface area (Å²) in [6.07, 6.45) is 0.0648. The van der Waals surface area contributed by atoms with E-state index in [-0.39, 0.29) is 6.10 Å². The summed E-state index contributed by atoms with van der Waals surface area (Å²) in [5.41, 5.74) is 7.43. The first-order chi connectivity index (χ1) is 7.63. The maximum atomic E-state index is 5.81. The molecule has 0 saturated heterocycles. The number of benzene rings is 1. The van der Waals surface area contributed by atoms with Gasteiger partial charge in [0, 0.05) is 22.9 Å². The van der Waals surface area contributed by atoms with Crippen molar-refractivity contribution in [2.45, 2.75) is 26.6 Å². The molecule has 1 aromatic rings. The lowest BCUT2D eigenvalue weighted by Gasteiger charge is -2.13. The SMILES string of the molecule is CCOCC(C)OCc1ccc(Cl)cc1N. The third-order valence-corrected chi connectivity index (χ3v) is 2.42. The van der Waals surface area contributed by atoms with Gasteiger partial charge in [-0.15, -0.1) is 0 Å². The fourth-order valence-electron chi connectivity index (χ4n) is 1.26. The van der Waals surface area contributed by atoms with Gasteiger partial charge in [-0.2, -0.15) is 0 Å². The first-order valence-electron chi connectivity index (χ1n) is 5.36. The van der Waals surface area contributed by atoms with Crippen molar-refractivity contribution in [1.29, 1.82) is 0 Å². The first-order valence-corrected chi connectivity index (χ1v) is 5.74. The summed E-state index contributed by atoms with van der Waals surface area (Å²) in [6.45, 7) is 5.73. The topological polar surface area (TPSA) is 44.5 Å². The number of anilines is 1. The number of nitrogens with two attached hydrogens (primary N) is 1. The van der Waals surface area contributed by atoms with E-state index in [9.17, 15) is 0 Å². The Morgan fingerprint density at radius 3 is 2.81 bits per heavy atom. The Bertz CT molecular complexity index is 331. The summed E-state index contributed by atoms with van der Waals surface area (Å²) >= 11 is 5.81. The molecule has 90 valence electrons. The van der Waals surface area contributed by atoms with E-state index < -0.39 is 0 Å². The summed E-state index contributed by atoms with van der Waals surface area (Å²) in [4.78, 5) is 0. The molecule has 1 aromatic carbocycles. The molecule has 1 unspecified atom stereocenters. The van der Waals surface area contributed by atoms with Crippen LogP contribution in [-0.4, -0.2) is 19.3 Å². The fourth-order valence-corrected chi connectivity index (χ4v) is 1.44. The molecule has 0 bridgehead atoms. The molecule has 0 aliphatic heterocycles. The van der Waals surface area contributed by atoms with E-state index in [1.807, 2.05) is 26.0 Å². The van der Waals surface area contributed by atoms with E-state index >= 15 is 0 Å². The van der Waals surface area contributed by atoms with Gasteiger partial charge >= 0.3 is 0 Å². The van der Waals surface area contributed by atoms with Crippen molar-refractivity contribution < 1.29 is 9.47 Å². The number of rotatable bonds is 6. The molecule has 0 amide bonds. The lowest BCUT2D eigenvalue weighted by atomic mass is 10.2. The fraction of sp³-hybridized carbons (Fsp3) is 0.500. The second kappa shape index (κ2) is 6.74. The third-order valence-electron chi connectivity index (χ3n) is 2.19. The van der Waals surface area contributed by atoms with Crippen molar-refractivity contribution in [3.63, 3.8) is 0 Å². The van der Waals surface area contributed by atoms with E-state index in [1.165, 1.54) is 0 Å². The van der Waals surface area contributed by atoms with Crippen LogP contribution < -0.4 is 5.73 Å². The number of hydrogen-bond donors (Lipinski definition) is 1. The van der Waals surface area contributed by atoms with Gasteiger partial charge in [-0.05, 0) is 26.0 Å². The van der Waals surface area contributed by atoms with Crippen LogP contribution in [0.4, 0.5) is 5.69 Å². The maximum Gasteiger partial charge on any atom is 0.0785 e. The van der Waals surface area contributed by atoms with E-state index in [0.29, 0.717) is 30.5 Å². The molecule has 3 nitrogen and oxygen atoms in total. The van der Waals surface area contributed by atoms with Crippen molar-refractivity contribution >= 4 is 17.3 Å². The highest BCUT2D eigenvalue weighted by atomic mass is 35.5. The van der Waals surface area contributed by atoms with Crippen LogP contribution >= 0.6 is 11.6 Å². The van der Waals surface area contributed by atoms with Gasteiger partial charge in [0.15, 0.2) is 0 Å². The van der Waals surface area contributed by atoms with E-state index in [2.05, 4.69) is 0 Å². The predicted molar refractivity (Wildman–Crippen MR) is 66.6 cm³/mol. The highest BCUT2D eigenvalue weighted by molar-refractivity contribution is 6.30. The van der Waals surface area contributed by atoms with Crippen molar-refractivity contribution in [2.24, 2.45) is 0 Å². The summed E-state index contributed by atoms with van der Waals surface area (Å²) in [7, 11) is 0. The lowest BCUT2D eigenvalue weighted by Crippen LogP contribution is -2.16. The predicted octanol–water partition coefficient (Wildman–Crippen LogP) is 2.86. The Morgan fingerprint density at radius 1 is 1.44 bits per heavy atom. The largest absolute Gasteiger partial charge is 0.398 e. The van der Waals surface area contributed by atoms with E-state index in [4.69, 9.17) is 26.8 Å². The van der Waals surface area contributed by atoms with Crippen LogP contribution in [0.15, 0.2) is 18.2 Å². The minimum absolute atomic E-state index is 0.0648. The number of ether oxygens (including phenoxy) is 2. The molecule has 0 radical (unpaired) electrons. The zero-order valence-electron chi connectivity index (χ0n) is 9.70.